The third kappa shape index (κ3) is 3.81. The molecule has 2 aromatic heterocycles. The summed E-state index contributed by atoms with van der Waals surface area (Å²) in [5.74, 6) is 1.26. The van der Waals surface area contributed by atoms with Crippen LogP contribution >= 0.6 is 0 Å². The van der Waals surface area contributed by atoms with E-state index in [4.69, 9.17) is 4.52 Å². The van der Waals surface area contributed by atoms with Gasteiger partial charge in [0.2, 0.25) is 5.91 Å². The number of amides is 1. The number of nitrogens with zero attached hydrogens (tertiary/aromatic N) is 4. The fourth-order valence-corrected chi connectivity index (χ4v) is 3.84. The molecule has 0 aliphatic carbocycles. The van der Waals surface area contributed by atoms with Crippen LogP contribution in [-0.4, -0.2) is 39.0 Å². The lowest BCUT2D eigenvalue weighted by Crippen LogP contribution is -2.41. The molecule has 1 aliphatic rings. The molecule has 6 heteroatoms. The Hall–Kier alpha value is -3.02. The second-order valence-corrected chi connectivity index (χ2v) is 7.17. The number of pyridine rings is 1. The van der Waals surface area contributed by atoms with Crippen LogP contribution in [0.3, 0.4) is 0 Å². The van der Waals surface area contributed by atoms with Gasteiger partial charge in [-0.25, -0.2) is 0 Å². The molecule has 0 radical (unpaired) electrons. The molecular formula is C22H24N4O2. The van der Waals surface area contributed by atoms with Crippen molar-refractivity contribution in [1.82, 2.24) is 20.0 Å². The minimum Gasteiger partial charge on any atom is -0.341 e. The molecule has 1 saturated heterocycles. The van der Waals surface area contributed by atoms with Gasteiger partial charge in [-0.05, 0) is 37.0 Å². The van der Waals surface area contributed by atoms with Crippen LogP contribution in [0.4, 0.5) is 0 Å². The number of aromatic nitrogens is 3. The summed E-state index contributed by atoms with van der Waals surface area (Å²) in [4.78, 5) is 24.0. The highest BCUT2D eigenvalue weighted by Gasteiger charge is 2.31. The Balaban J connectivity index is 1.49. The first-order valence-electron chi connectivity index (χ1n) is 9.85. The molecule has 0 spiro atoms. The average Bonchev–Trinajstić information content (AvgIpc) is 3.26. The van der Waals surface area contributed by atoms with Crippen molar-refractivity contribution in [3.05, 3.63) is 66.1 Å². The summed E-state index contributed by atoms with van der Waals surface area (Å²) in [6, 6.07) is 15.6. The van der Waals surface area contributed by atoms with Crippen LogP contribution in [0.5, 0.6) is 0 Å². The van der Waals surface area contributed by atoms with E-state index in [-0.39, 0.29) is 17.7 Å². The number of likely N-dealkylation sites (tertiary alicyclic amines) is 1. The van der Waals surface area contributed by atoms with Crippen molar-refractivity contribution in [2.75, 3.05) is 13.1 Å². The van der Waals surface area contributed by atoms with E-state index >= 15 is 0 Å². The maximum absolute atomic E-state index is 13.2. The molecule has 2 atom stereocenters. The zero-order chi connectivity index (χ0) is 19.3. The van der Waals surface area contributed by atoms with Crippen molar-refractivity contribution < 1.29 is 9.32 Å². The van der Waals surface area contributed by atoms with Gasteiger partial charge in [-0.3, -0.25) is 9.78 Å². The van der Waals surface area contributed by atoms with Crippen LogP contribution in [0, 0.1) is 0 Å². The summed E-state index contributed by atoms with van der Waals surface area (Å²) in [5, 5.41) is 4.17. The second-order valence-electron chi connectivity index (χ2n) is 7.17. The number of hydrogen-bond donors (Lipinski definition) is 0. The lowest BCUT2D eigenvalue weighted by molar-refractivity contribution is -0.134. The summed E-state index contributed by atoms with van der Waals surface area (Å²) in [7, 11) is 0. The van der Waals surface area contributed by atoms with Gasteiger partial charge in [0.25, 0.3) is 5.89 Å². The van der Waals surface area contributed by atoms with Gasteiger partial charge in [-0.2, -0.15) is 4.98 Å². The summed E-state index contributed by atoms with van der Waals surface area (Å²) >= 11 is 0. The number of benzene rings is 1. The summed E-state index contributed by atoms with van der Waals surface area (Å²) in [6.45, 7) is 3.47. The number of piperidine rings is 1. The molecule has 1 aromatic carbocycles. The highest BCUT2D eigenvalue weighted by molar-refractivity contribution is 5.83. The minimum atomic E-state index is -0.103. The van der Waals surface area contributed by atoms with Crippen LogP contribution in [0.25, 0.3) is 11.6 Å². The normalized spacial score (nSPS) is 18.0. The summed E-state index contributed by atoms with van der Waals surface area (Å²) in [6.07, 6.45) is 4.38. The molecule has 144 valence electrons. The van der Waals surface area contributed by atoms with Gasteiger partial charge in [-0.1, -0.05) is 48.5 Å². The fourth-order valence-electron chi connectivity index (χ4n) is 3.84. The maximum Gasteiger partial charge on any atom is 0.276 e. The topological polar surface area (TPSA) is 72.1 Å². The lowest BCUT2D eigenvalue weighted by atomic mass is 9.92. The largest absolute Gasteiger partial charge is 0.341 e. The van der Waals surface area contributed by atoms with Crippen LogP contribution in [-0.2, 0) is 4.79 Å². The molecule has 0 unspecified atom stereocenters. The Morgan fingerprint density at radius 1 is 1.21 bits per heavy atom. The number of rotatable bonds is 5. The van der Waals surface area contributed by atoms with Gasteiger partial charge < -0.3 is 9.42 Å². The Morgan fingerprint density at radius 3 is 2.79 bits per heavy atom. The molecule has 0 saturated carbocycles. The van der Waals surface area contributed by atoms with Crippen LogP contribution in [0.2, 0.25) is 0 Å². The minimum absolute atomic E-state index is 0.0900. The van der Waals surface area contributed by atoms with Gasteiger partial charge in [0, 0.05) is 25.2 Å². The number of hydrogen-bond acceptors (Lipinski definition) is 5. The highest BCUT2D eigenvalue weighted by atomic mass is 16.5. The first kappa shape index (κ1) is 18.3. The number of carbonyl (C=O) groups excluding carboxylic acids is 1. The van der Waals surface area contributed by atoms with Crippen LogP contribution in [0.1, 0.15) is 49.4 Å². The van der Waals surface area contributed by atoms with E-state index in [2.05, 4.69) is 22.0 Å². The summed E-state index contributed by atoms with van der Waals surface area (Å²) in [5.41, 5.74) is 1.74. The van der Waals surface area contributed by atoms with Gasteiger partial charge in [0.15, 0.2) is 5.82 Å². The van der Waals surface area contributed by atoms with Crippen LogP contribution < -0.4 is 0 Å². The molecule has 1 aliphatic heterocycles. The maximum atomic E-state index is 13.2. The molecule has 3 heterocycles. The van der Waals surface area contributed by atoms with Crippen molar-refractivity contribution >= 4 is 5.91 Å². The molecule has 6 nitrogen and oxygen atoms in total. The molecule has 28 heavy (non-hydrogen) atoms. The van der Waals surface area contributed by atoms with Gasteiger partial charge >= 0.3 is 0 Å². The van der Waals surface area contributed by atoms with Crippen molar-refractivity contribution in [3.63, 3.8) is 0 Å². The zero-order valence-corrected chi connectivity index (χ0v) is 16.0. The molecule has 0 bridgehead atoms. The predicted octanol–water partition coefficient (Wildman–Crippen LogP) is 4.03. The first-order chi connectivity index (χ1) is 13.8. The fraction of sp³-hybridized carbons (Fsp3) is 0.364. The van der Waals surface area contributed by atoms with E-state index in [1.54, 1.807) is 6.20 Å². The van der Waals surface area contributed by atoms with Crippen molar-refractivity contribution in [2.24, 2.45) is 0 Å². The van der Waals surface area contributed by atoms with Gasteiger partial charge in [0.1, 0.15) is 5.69 Å². The van der Waals surface area contributed by atoms with Crippen molar-refractivity contribution in [2.45, 2.75) is 38.0 Å². The average molecular weight is 376 g/mol. The monoisotopic (exact) mass is 376 g/mol. The highest BCUT2D eigenvalue weighted by Crippen LogP contribution is 2.30. The van der Waals surface area contributed by atoms with Gasteiger partial charge in [-0.15, -0.1) is 0 Å². The van der Waals surface area contributed by atoms with E-state index in [0.717, 1.165) is 31.4 Å². The third-order valence-electron chi connectivity index (χ3n) is 5.33. The quantitative estimate of drug-likeness (QED) is 0.672. The van der Waals surface area contributed by atoms with Crippen LogP contribution in [0.15, 0.2) is 59.3 Å². The molecular weight excluding hydrogens is 352 g/mol. The Bertz CT molecular complexity index is 911. The van der Waals surface area contributed by atoms with E-state index in [0.29, 0.717) is 24.0 Å². The van der Waals surface area contributed by atoms with E-state index < -0.39 is 0 Å². The molecule has 0 N–H and O–H groups in total. The van der Waals surface area contributed by atoms with Crippen molar-refractivity contribution in [1.29, 1.82) is 0 Å². The van der Waals surface area contributed by atoms with E-state index in [1.165, 1.54) is 0 Å². The standard InChI is InChI=1S/C22H24N4O2/c1-2-18(16-9-4-3-5-10-16)22(27)26-14-8-11-17(15-26)20-24-21(28-25-20)19-12-6-7-13-23-19/h3-7,9-10,12-13,17-18H,2,8,11,14-15H2,1H3/t17-,18-/m0/s1. The van der Waals surface area contributed by atoms with Gasteiger partial charge in [0.05, 0.1) is 5.92 Å². The molecule has 3 aromatic rings. The van der Waals surface area contributed by atoms with E-state index in [1.807, 2.05) is 53.4 Å². The Kier molecular flexibility index (Phi) is 5.46. The van der Waals surface area contributed by atoms with Crippen molar-refractivity contribution in [3.8, 4) is 11.6 Å². The molecule has 1 fully saturated rings. The lowest BCUT2D eigenvalue weighted by Gasteiger charge is -2.33. The predicted molar refractivity (Wildman–Crippen MR) is 106 cm³/mol. The first-order valence-corrected chi connectivity index (χ1v) is 9.85. The Morgan fingerprint density at radius 2 is 2.04 bits per heavy atom. The SMILES string of the molecule is CC[C@H](C(=O)N1CCC[C@H](c2noc(-c3ccccn3)n2)C1)c1ccccc1. The summed E-state index contributed by atoms with van der Waals surface area (Å²) < 4.78 is 5.41. The smallest absolute Gasteiger partial charge is 0.276 e. The second kappa shape index (κ2) is 8.33. The third-order valence-corrected chi connectivity index (χ3v) is 5.33. The van der Waals surface area contributed by atoms with E-state index in [9.17, 15) is 4.79 Å². The molecule has 1 amide bonds. The number of carbonyl (C=O) groups is 1. The molecule has 4 rings (SSSR count). The zero-order valence-electron chi connectivity index (χ0n) is 16.0. The Labute approximate surface area is 164 Å².